The van der Waals surface area contributed by atoms with Gasteiger partial charge in [0.15, 0.2) is 0 Å². The molecule has 0 fully saturated rings. The van der Waals surface area contributed by atoms with Gasteiger partial charge in [-0.3, -0.25) is 0 Å². The SMILES string of the molecule is O=C(O)c1cnc(I)cc1Cl. The molecule has 5 heteroatoms. The Bertz CT molecular complexity index is 303. The molecule has 1 heterocycles. The first-order chi connectivity index (χ1) is 5.11. The highest BCUT2D eigenvalue weighted by Gasteiger charge is 2.08. The topological polar surface area (TPSA) is 50.2 Å². The van der Waals surface area contributed by atoms with E-state index in [0.29, 0.717) is 3.70 Å². The van der Waals surface area contributed by atoms with Gasteiger partial charge in [0.25, 0.3) is 0 Å². The van der Waals surface area contributed by atoms with Crippen molar-refractivity contribution in [3.05, 3.63) is 26.5 Å². The van der Waals surface area contributed by atoms with E-state index in [1.165, 1.54) is 12.3 Å². The van der Waals surface area contributed by atoms with Crippen LogP contribution in [0.1, 0.15) is 10.4 Å². The number of carboxylic acids is 1. The van der Waals surface area contributed by atoms with E-state index >= 15 is 0 Å². The third kappa shape index (κ3) is 2.03. The van der Waals surface area contributed by atoms with Gasteiger partial charge in [0.2, 0.25) is 0 Å². The molecule has 3 nitrogen and oxygen atoms in total. The Labute approximate surface area is 81.5 Å². The van der Waals surface area contributed by atoms with Gasteiger partial charge >= 0.3 is 5.97 Å². The highest BCUT2D eigenvalue weighted by molar-refractivity contribution is 14.1. The van der Waals surface area contributed by atoms with Gasteiger partial charge in [0.05, 0.1) is 10.6 Å². The van der Waals surface area contributed by atoms with Crippen LogP contribution < -0.4 is 0 Å². The largest absolute Gasteiger partial charge is 0.478 e. The summed E-state index contributed by atoms with van der Waals surface area (Å²) in [4.78, 5) is 14.2. The summed E-state index contributed by atoms with van der Waals surface area (Å²) in [5.74, 6) is -1.06. The molecule has 0 saturated heterocycles. The first kappa shape index (κ1) is 8.73. The average molecular weight is 283 g/mol. The zero-order chi connectivity index (χ0) is 8.43. The van der Waals surface area contributed by atoms with E-state index in [1.54, 1.807) is 0 Å². The highest BCUT2D eigenvalue weighted by Crippen LogP contribution is 2.16. The standard InChI is InChI=1S/C6H3ClINO2/c7-4-1-5(8)9-2-3(4)6(10)11/h1-2H,(H,10,11). The number of hydrogen-bond acceptors (Lipinski definition) is 2. The molecule has 0 saturated carbocycles. The quantitative estimate of drug-likeness (QED) is 0.634. The summed E-state index contributed by atoms with van der Waals surface area (Å²) in [6.07, 6.45) is 1.24. The molecule has 0 amide bonds. The van der Waals surface area contributed by atoms with Crippen molar-refractivity contribution in [2.24, 2.45) is 0 Å². The molecule has 1 rings (SSSR count). The van der Waals surface area contributed by atoms with Crippen LogP contribution in [0.15, 0.2) is 12.3 Å². The molecule has 1 N–H and O–H groups in total. The molecule has 1 aromatic heterocycles. The number of pyridine rings is 1. The summed E-state index contributed by atoms with van der Waals surface area (Å²) in [5, 5.41) is 8.75. The second-order valence-electron chi connectivity index (χ2n) is 1.79. The minimum atomic E-state index is -1.06. The molecule has 0 aromatic carbocycles. The normalized spacial score (nSPS) is 9.64. The molecule has 0 aliphatic heterocycles. The molecule has 58 valence electrons. The Hall–Kier alpha value is -0.360. The first-order valence-electron chi connectivity index (χ1n) is 2.65. The summed E-state index contributed by atoms with van der Waals surface area (Å²) in [6.45, 7) is 0. The van der Waals surface area contributed by atoms with E-state index < -0.39 is 5.97 Å². The smallest absolute Gasteiger partial charge is 0.338 e. The predicted molar refractivity (Wildman–Crippen MR) is 48.9 cm³/mol. The zero-order valence-electron chi connectivity index (χ0n) is 5.21. The van der Waals surface area contributed by atoms with Crippen molar-refractivity contribution in [2.45, 2.75) is 0 Å². The van der Waals surface area contributed by atoms with Crippen molar-refractivity contribution in [3.8, 4) is 0 Å². The molecular weight excluding hydrogens is 280 g/mol. The molecule has 0 unspecified atom stereocenters. The van der Waals surface area contributed by atoms with E-state index in [0.717, 1.165) is 0 Å². The number of hydrogen-bond donors (Lipinski definition) is 1. The lowest BCUT2D eigenvalue weighted by Gasteiger charge is -1.96. The lowest BCUT2D eigenvalue weighted by Crippen LogP contribution is -1.98. The predicted octanol–water partition coefficient (Wildman–Crippen LogP) is 2.04. The van der Waals surface area contributed by atoms with Gasteiger partial charge in [-0.25, -0.2) is 9.78 Å². The van der Waals surface area contributed by atoms with Gasteiger partial charge in [-0.1, -0.05) is 11.6 Å². The van der Waals surface area contributed by atoms with E-state index in [9.17, 15) is 4.79 Å². The minimum Gasteiger partial charge on any atom is -0.478 e. The van der Waals surface area contributed by atoms with Gasteiger partial charge < -0.3 is 5.11 Å². The van der Waals surface area contributed by atoms with Crippen LogP contribution in [0.3, 0.4) is 0 Å². The van der Waals surface area contributed by atoms with Crippen molar-refractivity contribution in [1.29, 1.82) is 0 Å². The molecule has 0 spiro atoms. The third-order valence-corrected chi connectivity index (χ3v) is 1.95. The number of aromatic nitrogens is 1. The number of carboxylic acid groups (broad SMARTS) is 1. The summed E-state index contributed by atoms with van der Waals surface area (Å²) in [5.41, 5.74) is 0.0343. The maximum absolute atomic E-state index is 10.4. The van der Waals surface area contributed by atoms with Crippen LogP contribution in [-0.2, 0) is 0 Å². The van der Waals surface area contributed by atoms with E-state index in [1.807, 2.05) is 22.6 Å². The average Bonchev–Trinajstić information content (AvgIpc) is 1.85. The fourth-order valence-electron chi connectivity index (χ4n) is 0.565. The maximum atomic E-state index is 10.4. The van der Waals surface area contributed by atoms with Crippen LogP contribution in [0, 0.1) is 3.70 Å². The van der Waals surface area contributed by atoms with Crippen molar-refractivity contribution in [2.75, 3.05) is 0 Å². The molecule has 0 aliphatic rings. The summed E-state index contributed by atoms with van der Waals surface area (Å²) in [6, 6.07) is 1.51. The van der Waals surface area contributed by atoms with Crippen molar-refractivity contribution in [3.63, 3.8) is 0 Å². The van der Waals surface area contributed by atoms with Crippen molar-refractivity contribution < 1.29 is 9.90 Å². The molecule has 1 aromatic rings. The molecular formula is C6H3ClINO2. The molecule has 0 radical (unpaired) electrons. The Morgan fingerprint density at radius 1 is 1.73 bits per heavy atom. The fraction of sp³-hybridized carbons (Fsp3) is 0. The van der Waals surface area contributed by atoms with E-state index in [4.69, 9.17) is 16.7 Å². The second-order valence-corrected chi connectivity index (χ2v) is 3.30. The monoisotopic (exact) mass is 283 g/mol. The van der Waals surface area contributed by atoms with E-state index in [-0.39, 0.29) is 10.6 Å². The van der Waals surface area contributed by atoms with Crippen LogP contribution in [0.2, 0.25) is 5.02 Å². The molecule has 11 heavy (non-hydrogen) atoms. The van der Waals surface area contributed by atoms with Crippen molar-refractivity contribution >= 4 is 40.2 Å². The van der Waals surface area contributed by atoms with Crippen LogP contribution in [0.25, 0.3) is 0 Å². The lowest BCUT2D eigenvalue weighted by molar-refractivity contribution is 0.0696. The van der Waals surface area contributed by atoms with Gasteiger partial charge in [-0.2, -0.15) is 0 Å². The summed E-state index contributed by atoms with van der Waals surface area (Å²) in [7, 11) is 0. The first-order valence-corrected chi connectivity index (χ1v) is 4.11. The zero-order valence-corrected chi connectivity index (χ0v) is 8.13. The Balaban J connectivity index is 3.20. The second kappa shape index (κ2) is 3.36. The van der Waals surface area contributed by atoms with Crippen LogP contribution >= 0.6 is 34.2 Å². The number of halogens is 2. The number of nitrogens with zero attached hydrogens (tertiary/aromatic N) is 1. The highest BCUT2D eigenvalue weighted by atomic mass is 127. The van der Waals surface area contributed by atoms with E-state index in [2.05, 4.69) is 4.98 Å². The van der Waals surface area contributed by atoms with Gasteiger partial charge in [-0.15, -0.1) is 0 Å². The molecule has 0 aliphatic carbocycles. The molecule has 0 atom stereocenters. The Morgan fingerprint density at radius 3 is 2.82 bits per heavy atom. The number of aromatic carboxylic acids is 1. The summed E-state index contributed by atoms with van der Waals surface area (Å²) >= 11 is 7.56. The lowest BCUT2D eigenvalue weighted by atomic mass is 10.3. The van der Waals surface area contributed by atoms with Gasteiger partial charge in [0.1, 0.15) is 3.70 Å². The van der Waals surface area contributed by atoms with Crippen LogP contribution in [0.4, 0.5) is 0 Å². The van der Waals surface area contributed by atoms with Gasteiger partial charge in [0, 0.05) is 6.20 Å². The van der Waals surface area contributed by atoms with Crippen LogP contribution in [0.5, 0.6) is 0 Å². The minimum absolute atomic E-state index is 0.0343. The Morgan fingerprint density at radius 2 is 2.36 bits per heavy atom. The summed E-state index contributed by atoms with van der Waals surface area (Å²) < 4.78 is 0.678. The fourth-order valence-corrected chi connectivity index (χ4v) is 1.43. The van der Waals surface area contributed by atoms with Crippen LogP contribution in [-0.4, -0.2) is 16.1 Å². The Kier molecular flexibility index (Phi) is 2.67. The van der Waals surface area contributed by atoms with Crippen molar-refractivity contribution in [1.82, 2.24) is 4.98 Å². The number of rotatable bonds is 1. The number of carbonyl (C=O) groups is 1. The van der Waals surface area contributed by atoms with Gasteiger partial charge in [-0.05, 0) is 28.7 Å². The molecule has 0 bridgehead atoms. The maximum Gasteiger partial charge on any atom is 0.338 e. The third-order valence-electron chi connectivity index (χ3n) is 1.05.